The Morgan fingerprint density at radius 3 is 2.50 bits per heavy atom. The Balaban J connectivity index is 2.94. The van der Waals surface area contributed by atoms with Gasteiger partial charge in [-0.1, -0.05) is 42.8 Å². The van der Waals surface area contributed by atoms with E-state index in [-0.39, 0.29) is 23.4 Å². The van der Waals surface area contributed by atoms with Gasteiger partial charge >= 0.3 is 0 Å². The van der Waals surface area contributed by atoms with Crippen molar-refractivity contribution in [2.24, 2.45) is 11.3 Å². The van der Waals surface area contributed by atoms with Crippen LogP contribution in [0.25, 0.3) is 0 Å². The zero-order valence-corrected chi connectivity index (χ0v) is 14.1. The van der Waals surface area contributed by atoms with Gasteiger partial charge in [-0.3, -0.25) is 11.3 Å². The van der Waals surface area contributed by atoms with Crippen LogP contribution in [0.15, 0.2) is 22.7 Å². The highest BCUT2D eigenvalue weighted by Gasteiger charge is 2.32. The average molecular weight is 347 g/mol. The lowest BCUT2D eigenvalue weighted by atomic mass is 9.82. The normalized spacial score (nSPS) is 15.2. The van der Waals surface area contributed by atoms with Crippen molar-refractivity contribution >= 4 is 15.9 Å². The highest BCUT2D eigenvalue weighted by Crippen LogP contribution is 2.27. The third kappa shape index (κ3) is 4.81. The molecule has 0 saturated heterocycles. The summed E-state index contributed by atoms with van der Waals surface area (Å²) >= 11 is 3.26. The van der Waals surface area contributed by atoms with Gasteiger partial charge in [-0.15, -0.1) is 0 Å². The van der Waals surface area contributed by atoms with Crippen LogP contribution in [-0.2, 0) is 11.2 Å². The predicted molar refractivity (Wildman–Crippen MR) is 83.8 cm³/mol. The molecule has 0 aliphatic heterocycles. The van der Waals surface area contributed by atoms with Gasteiger partial charge in [0.25, 0.3) is 0 Å². The predicted octanol–water partition coefficient (Wildman–Crippen LogP) is 3.41. The van der Waals surface area contributed by atoms with Gasteiger partial charge in [-0.2, -0.15) is 0 Å². The maximum atomic E-state index is 14.0. The summed E-state index contributed by atoms with van der Waals surface area (Å²) in [6, 6.07) is 4.93. The van der Waals surface area contributed by atoms with Crippen LogP contribution >= 0.6 is 15.9 Å². The van der Waals surface area contributed by atoms with Crippen LogP contribution in [0.3, 0.4) is 0 Å². The second-order valence-electron chi connectivity index (χ2n) is 5.95. The lowest BCUT2D eigenvalue weighted by molar-refractivity contribution is -0.0357. The van der Waals surface area contributed by atoms with Crippen LogP contribution in [0.5, 0.6) is 0 Å². The highest BCUT2D eigenvalue weighted by molar-refractivity contribution is 9.10. The van der Waals surface area contributed by atoms with E-state index in [1.807, 2.05) is 13.0 Å². The van der Waals surface area contributed by atoms with Crippen LogP contribution in [0, 0.1) is 11.2 Å². The molecule has 3 N–H and O–H groups in total. The van der Waals surface area contributed by atoms with E-state index >= 15 is 0 Å². The van der Waals surface area contributed by atoms with Gasteiger partial charge < -0.3 is 4.74 Å². The molecule has 0 aliphatic rings. The Morgan fingerprint density at radius 2 is 2.05 bits per heavy atom. The van der Waals surface area contributed by atoms with Crippen molar-refractivity contribution < 1.29 is 9.13 Å². The summed E-state index contributed by atoms with van der Waals surface area (Å²) in [6.07, 6.45) is 0.387. The summed E-state index contributed by atoms with van der Waals surface area (Å²) in [5.41, 5.74) is 3.33. The van der Waals surface area contributed by atoms with Gasteiger partial charge in [0.15, 0.2) is 0 Å². The number of hydrogen-bond donors (Lipinski definition) is 2. The van der Waals surface area contributed by atoms with Crippen molar-refractivity contribution in [2.75, 3.05) is 6.61 Å². The molecule has 3 nitrogen and oxygen atoms in total. The number of hydrogen-bond acceptors (Lipinski definition) is 3. The number of rotatable bonds is 6. The lowest BCUT2D eigenvalue weighted by Crippen LogP contribution is -2.52. The van der Waals surface area contributed by atoms with E-state index in [4.69, 9.17) is 10.6 Å². The first-order valence-corrected chi connectivity index (χ1v) is 7.60. The number of hydrazine groups is 1. The quantitative estimate of drug-likeness (QED) is 0.612. The molecule has 0 saturated carbocycles. The first-order chi connectivity index (χ1) is 9.29. The summed E-state index contributed by atoms with van der Waals surface area (Å²) in [5, 5.41) is 0. The third-order valence-corrected chi connectivity index (χ3v) is 3.73. The van der Waals surface area contributed by atoms with Crippen molar-refractivity contribution in [2.45, 2.75) is 46.3 Å². The van der Waals surface area contributed by atoms with Gasteiger partial charge in [-0.25, -0.2) is 4.39 Å². The first kappa shape index (κ1) is 17.6. The van der Waals surface area contributed by atoms with Crippen molar-refractivity contribution in [1.82, 2.24) is 5.43 Å². The minimum Gasteiger partial charge on any atom is -0.376 e. The number of nitrogens with two attached hydrogens (primary N) is 1. The number of halogens is 2. The summed E-state index contributed by atoms with van der Waals surface area (Å²) < 4.78 is 20.5. The molecule has 1 aromatic carbocycles. The molecule has 114 valence electrons. The van der Waals surface area contributed by atoms with Gasteiger partial charge in [0.1, 0.15) is 5.82 Å². The van der Waals surface area contributed by atoms with E-state index in [1.54, 1.807) is 6.07 Å². The minimum absolute atomic E-state index is 0.0844. The molecule has 20 heavy (non-hydrogen) atoms. The van der Waals surface area contributed by atoms with E-state index in [2.05, 4.69) is 42.1 Å². The minimum atomic E-state index is -0.233. The fourth-order valence-electron chi connectivity index (χ4n) is 2.33. The van der Waals surface area contributed by atoms with E-state index < -0.39 is 0 Å². The fraction of sp³-hybridized carbons (Fsp3) is 0.600. The van der Waals surface area contributed by atoms with Crippen molar-refractivity contribution in [3.63, 3.8) is 0 Å². The molecule has 0 radical (unpaired) electrons. The monoisotopic (exact) mass is 346 g/mol. The van der Waals surface area contributed by atoms with Gasteiger partial charge in [0.05, 0.1) is 12.1 Å². The molecule has 0 amide bonds. The SMILES string of the molecule is CCOC(C(Cc1ccc(Br)cc1F)NN)C(C)(C)C. The molecule has 5 heteroatoms. The van der Waals surface area contributed by atoms with Crippen LogP contribution in [0.2, 0.25) is 0 Å². The molecule has 0 spiro atoms. The molecule has 0 heterocycles. The Morgan fingerprint density at radius 1 is 1.40 bits per heavy atom. The van der Waals surface area contributed by atoms with Crippen LogP contribution < -0.4 is 11.3 Å². The topological polar surface area (TPSA) is 47.3 Å². The van der Waals surface area contributed by atoms with Gasteiger partial charge in [0, 0.05) is 11.1 Å². The second-order valence-corrected chi connectivity index (χ2v) is 6.87. The zero-order valence-electron chi connectivity index (χ0n) is 12.5. The zero-order chi connectivity index (χ0) is 15.3. The summed E-state index contributed by atoms with van der Waals surface area (Å²) in [5.74, 6) is 5.43. The molecule has 1 aromatic rings. The molecule has 0 aliphatic carbocycles. The van der Waals surface area contributed by atoms with Crippen molar-refractivity contribution in [3.8, 4) is 0 Å². The van der Waals surface area contributed by atoms with Crippen LogP contribution in [0.4, 0.5) is 4.39 Å². The summed E-state index contributed by atoms with van der Waals surface area (Å²) in [4.78, 5) is 0. The largest absolute Gasteiger partial charge is 0.376 e. The smallest absolute Gasteiger partial charge is 0.127 e. The Bertz CT molecular complexity index is 434. The standard InChI is InChI=1S/C15H24BrFN2O/c1-5-20-14(15(2,3)4)13(19-18)8-10-6-7-11(16)9-12(10)17/h6-7,9,13-14,19H,5,8,18H2,1-4H3. The fourth-order valence-corrected chi connectivity index (χ4v) is 2.66. The van der Waals surface area contributed by atoms with Gasteiger partial charge in [0.2, 0.25) is 0 Å². The Labute approximate surface area is 129 Å². The Hall–Kier alpha value is -0.490. The maximum Gasteiger partial charge on any atom is 0.127 e. The van der Waals surface area contributed by atoms with Crippen LogP contribution in [-0.4, -0.2) is 18.8 Å². The molecule has 0 fully saturated rings. The Kier molecular flexibility index (Phi) is 6.58. The number of benzene rings is 1. The van der Waals surface area contributed by atoms with Crippen molar-refractivity contribution in [1.29, 1.82) is 0 Å². The van der Waals surface area contributed by atoms with E-state index in [1.165, 1.54) is 6.07 Å². The van der Waals surface area contributed by atoms with Gasteiger partial charge in [-0.05, 0) is 36.5 Å². The second kappa shape index (κ2) is 7.50. The molecule has 0 bridgehead atoms. The number of nitrogens with one attached hydrogen (secondary N) is 1. The van der Waals surface area contributed by atoms with E-state index in [9.17, 15) is 4.39 Å². The molecule has 2 unspecified atom stereocenters. The third-order valence-electron chi connectivity index (χ3n) is 3.23. The molecular weight excluding hydrogens is 323 g/mol. The lowest BCUT2D eigenvalue weighted by Gasteiger charge is -2.36. The van der Waals surface area contributed by atoms with E-state index in [0.29, 0.717) is 18.6 Å². The first-order valence-electron chi connectivity index (χ1n) is 6.81. The molecule has 2 atom stereocenters. The molecule has 0 aromatic heterocycles. The van der Waals surface area contributed by atoms with E-state index in [0.717, 1.165) is 4.47 Å². The maximum absolute atomic E-state index is 14.0. The summed E-state index contributed by atoms with van der Waals surface area (Å²) in [6.45, 7) is 8.83. The molecular formula is C15H24BrFN2O. The highest BCUT2D eigenvalue weighted by atomic mass is 79.9. The van der Waals surface area contributed by atoms with Crippen LogP contribution in [0.1, 0.15) is 33.3 Å². The van der Waals surface area contributed by atoms with Crippen molar-refractivity contribution in [3.05, 3.63) is 34.1 Å². The summed E-state index contributed by atoms with van der Waals surface area (Å²) in [7, 11) is 0. The molecule has 1 rings (SSSR count). The average Bonchev–Trinajstić information content (AvgIpc) is 2.34. The number of ether oxygens (including phenoxy) is 1.